The van der Waals surface area contributed by atoms with E-state index < -0.39 is 5.97 Å². The molecule has 1 aromatic heterocycles. The fourth-order valence-electron chi connectivity index (χ4n) is 3.00. The Morgan fingerprint density at radius 2 is 1.90 bits per heavy atom. The minimum atomic E-state index is -0.575. The van der Waals surface area contributed by atoms with Gasteiger partial charge in [-0.2, -0.15) is 0 Å². The van der Waals surface area contributed by atoms with Crippen molar-refractivity contribution in [2.75, 3.05) is 13.7 Å². The number of phenolic OH excluding ortho intramolecular Hbond substituents is 1. The Balaban J connectivity index is 2.05. The predicted octanol–water partition coefficient (Wildman–Crippen LogP) is 4.41. The molecule has 0 unspecified atom stereocenters. The maximum absolute atomic E-state index is 13.2. The van der Waals surface area contributed by atoms with Crippen molar-refractivity contribution in [2.45, 2.75) is 13.8 Å². The molecule has 0 aliphatic rings. The summed E-state index contributed by atoms with van der Waals surface area (Å²) in [4.78, 5) is 29.7. The SMILES string of the molecule is CCOC(=O)c1cc(C(=O)/C(C)=C/c2ccc(OC)c(O)c2)c2ccccc2n1. The Kier molecular flexibility index (Phi) is 5.93. The summed E-state index contributed by atoms with van der Waals surface area (Å²) in [5.74, 6) is -0.482. The smallest absolute Gasteiger partial charge is 0.356 e. The van der Waals surface area contributed by atoms with Crippen LogP contribution >= 0.6 is 0 Å². The standard InChI is InChI=1S/C23H21NO5/c1-4-29-23(27)19-13-17(16-7-5-6-8-18(16)24-19)22(26)14(2)11-15-9-10-21(28-3)20(25)12-15/h5-13,25H,4H2,1-3H3/b14-11+. The highest BCUT2D eigenvalue weighted by Gasteiger charge is 2.18. The first-order valence-corrected chi connectivity index (χ1v) is 9.11. The van der Waals surface area contributed by atoms with E-state index in [1.165, 1.54) is 19.2 Å². The number of ether oxygens (including phenoxy) is 2. The molecule has 0 radical (unpaired) electrons. The zero-order chi connectivity index (χ0) is 21.0. The first-order chi connectivity index (χ1) is 13.9. The number of ketones is 1. The molecule has 29 heavy (non-hydrogen) atoms. The molecule has 0 amide bonds. The van der Waals surface area contributed by atoms with Crippen LogP contribution in [0.5, 0.6) is 11.5 Å². The van der Waals surface area contributed by atoms with Crippen LogP contribution in [0.1, 0.15) is 40.3 Å². The number of Topliss-reactive ketones (excluding diaryl/α,β-unsaturated/α-hetero) is 1. The second-order valence-electron chi connectivity index (χ2n) is 6.38. The van der Waals surface area contributed by atoms with Gasteiger partial charge in [0, 0.05) is 10.9 Å². The molecule has 148 valence electrons. The van der Waals surface area contributed by atoms with Gasteiger partial charge in [0.2, 0.25) is 0 Å². The van der Waals surface area contributed by atoms with E-state index in [-0.39, 0.29) is 23.8 Å². The number of allylic oxidation sites excluding steroid dienone is 1. The van der Waals surface area contributed by atoms with Crippen LogP contribution in [0.15, 0.2) is 54.1 Å². The monoisotopic (exact) mass is 391 g/mol. The van der Waals surface area contributed by atoms with Crippen LogP contribution in [-0.4, -0.2) is 35.6 Å². The quantitative estimate of drug-likeness (QED) is 0.380. The number of nitrogens with zero attached hydrogens (tertiary/aromatic N) is 1. The molecule has 0 saturated heterocycles. The number of aromatic nitrogens is 1. The summed E-state index contributed by atoms with van der Waals surface area (Å²) in [7, 11) is 1.47. The third kappa shape index (κ3) is 4.27. The molecule has 0 aliphatic heterocycles. The van der Waals surface area contributed by atoms with E-state index in [9.17, 15) is 14.7 Å². The highest BCUT2D eigenvalue weighted by atomic mass is 16.5. The maximum Gasteiger partial charge on any atom is 0.356 e. The van der Waals surface area contributed by atoms with Gasteiger partial charge in [-0.25, -0.2) is 9.78 Å². The molecule has 0 spiro atoms. The summed E-state index contributed by atoms with van der Waals surface area (Å²) in [6.07, 6.45) is 1.67. The molecule has 6 heteroatoms. The number of phenols is 1. The van der Waals surface area contributed by atoms with E-state index in [4.69, 9.17) is 9.47 Å². The van der Waals surface area contributed by atoms with Crippen LogP contribution in [0.3, 0.4) is 0 Å². The number of pyridine rings is 1. The van der Waals surface area contributed by atoms with Crippen molar-refractivity contribution >= 4 is 28.7 Å². The summed E-state index contributed by atoms with van der Waals surface area (Å²) < 4.78 is 10.1. The molecule has 6 nitrogen and oxygen atoms in total. The van der Waals surface area contributed by atoms with Crippen molar-refractivity contribution in [3.8, 4) is 11.5 Å². The minimum Gasteiger partial charge on any atom is -0.504 e. The lowest BCUT2D eigenvalue weighted by Crippen LogP contribution is -2.10. The van der Waals surface area contributed by atoms with Gasteiger partial charge in [0.15, 0.2) is 17.3 Å². The molecule has 1 heterocycles. The number of aromatic hydroxyl groups is 1. The number of carbonyl (C=O) groups is 2. The molecule has 0 atom stereocenters. The third-order valence-electron chi connectivity index (χ3n) is 4.39. The summed E-state index contributed by atoms with van der Waals surface area (Å²) >= 11 is 0. The average molecular weight is 391 g/mol. The molecule has 3 rings (SSSR count). The highest BCUT2D eigenvalue weighted by molar-refractivity contribution is 6.18. The lowest BCUT2D eigenvalue weighted by atomic mass is 9.98. The van der Waals surface area contributed by atoms with E-state index in [1.54, 1.807) is 50.3 Å². The second kappa shape index (κ2) is 8.56. The number of hydrogen-bond donors (Lipinski definition) is 1. The summed E-state index contributed by atoms with van der Waals surface area (Å²) in [5.41, 5.74) is 2.09. The predicted molar refractivity (Wildman–Crippen MR) is 110 cm³/mol. The Labute approximate surface area is 168 Å². The van der Waals surface area contributed by atoms with E-state index in [1.807, 2.05) is 6.07 Å². The van der Waals surface area contributed by atoms with Crippen molar-refractivity contribution in [3.63, 3.8) is 0 Å². The van der Waals surface area contributed by atoms with Gasteiger partial charge in [0.05, 0.1) is 19.2 Å². The lowest BCUT2D eigenvalue weighted by Gasteiger charge is -2.09. The fraction of sp³-hybridized carbons (Fsp3) is 0.174. The Hall–Kier alpha value is -3.67. The van der Waals surface area contributed by atoms with Crippen LogP contribution < -0.4 is 4.74 Å². The topological polar surface area (TPSA) is 85.7 Å². The molecular weight excluding hydrogens is 370 g/mol. The Morgan fingerprint density at radius 1 is 1.14 bits per heavy atom. The molecule has 1 N–H and O–H groups in total. The van der Waals surface area contributed by atoms with Crippen molar-refractivity contribution in [1.82, 2.24) is 4.98 Å². The number of fused-ring (bicyclic) bond motifs is 1. The van der Waals surface area contributed by atoms with Crippen LogP contribution in [0, 0.1) is 0 Å². The highest BCUT2D eigenvalue weighted by Crippen LogP contribution is 2.28. The van der Waals surface area contributed by atoms with Gasteiger partial charge in [-0.15, -0.1) is 0 Å². The number of para-hydroxylation sites is 1. The van der Waals surface area contributed by atoms with Crippen LogP contribution in [0.25, 0.3) is 17.0 Å². The van der Waals surface area contributed by atoms with Gasteiger partial charge in [-0.05, 0) is 55.3 Å². The van der Waals surface area contributed by atoms with E-state index in [0.717, 1.165) is 0 Å². The number of rotatable bonds is 6. The summed E-state index contributed by atoms with van der Waals surface area (Å²) in [6, 6.07) is 13.5. The second-order valence-corrected chi connectivity index (χ2v) is 6.38. The van der Waals surface area contributed by atoms with Crippen molar-refractivity contribution in [2.24, 2.45) is 0 Å². The van der Waals surface area contributed by atoms with Gasteiger partial charge in [-0.3, -0.25) is 4.79 Å². The first kappa shape index (κ1) is 20.1. The normalized spacial score (nSPS) is 11.3. The number of carbonyl (C=O) groups excluding carboxylic acids is 2. The molecule has 2 aromatic carbocycles. The van der Waals surface area contributed by atoms with Crippen LogP contribution in [-0.2, 0) is 4.74 Å². The molecule has 0 bridgehead atoms. The Morgan fingerprint density at radius 3 is 2.59 bits per heavy atom. The van der Waals surface area contributed by atoms with E-state index in [2.05, 4.69) is 4.98 Å². The number of methoxy groups -OCH3 is 1. The fourth-order valence-corrected chi connectivity index (χ4v) is 3.00. The van der Waals surface area contributed by atoms with Gasteiger partial charge in [0.1, 0.15) is 5.69 Å². The Bertz CT molecular complexity index is 1120. The average Bonchev–Trinajstić information content (AvgIpc) is 2.72. The first-order valence-electron chi connectivity index (χ1n) is 9.11. The maximum atomic E-state index is 13.2. The molecular formula is C23H21NO5. The van der Waals surface area contributed by atoms with Crippen molar-refractivity contribution in [3.05, 3.63) is 70.9 Å². The van der Waals surface area contributed by atoms with Gasteiger partial charge >= 0.3 is 5.97 Å². The van der Waals surface area contributed by atoms with Gasteiger partial charge < -0.3 is 14.6 Å². The van der Waals surface area contributed by atoms with E-state index >= 15 is 0 Å². The molecule has 0 fully saturated rings. The molecule has 0 saturated carbocycles. The van der Waals surface area contributed by atoms with Gasteiger partial charge in [-0.1, -0.05) is 24.3 Å². The summed E-state index contributed by atoms with van der Waals surface area (Å²) in [6.45, 7) is 3.61. The van der Waals surface area contributed by atoms with Crippen LogP contribution in [0.4, 0.5) is 0 Å². The zero-order valence-corrected chi connectivity index (χ0v) is 16.4. The molecule has 3 aromatic rings. The largest absolute Gasteiger partial charge is 0.504 e. The molecule has 0 aliphatic carbocycles. The van der Waals surface area contributed by atoms with Crippen LogP contribution in [0.2, 0.25) is 0 Å². The number of benzene rings is 2. The minimum absolute atomic E-state index is 0.0135. The van der Waals surface area contributed by atoms with Crippen molar-refractivity contribution < 1.29 is 24.2 Å². The lowest BCUT2D eigenvalue weighted by molar-refractivity contribution is 0.0520. The van der Waals surface area contributed by atoms with Crippen molar-refractivity contribution in [1.29, 1.82) is 0 Å². The summed E-state index contributed by atoms with van der Waals surface area (Å²) in [5, 5.41) is 10.6. The third-order valence-corrected chi connectivity index (χ3v) is 4.39. The number of esters is 1. The van der Waals surface area contributed by atoms with E-state index in [0.29, 0.717) is 33.4 Å². The van der Waals surface area contributed by atoms with Gasteiger partial charge in [0.25, 0.3) is 0 Å². The zero-order valence-electron chi connectivity index (χ0n) is 16.4. The number of hydrogen-bond acceptors (Lipinski definition) is 6.